The van der Waals surface area contributed by atoms with Gasteiger partial charge in [-0.05, 0) is 38.4 Å². The van der Waals surface area contributed by atoms with E-state index in [1.165, 1.54) is 6.42 Å². The van der Waals surface area contributed by atoms with Crippen molar-refractivity contribution in [3.63, 3.8) is 0 Å². The Bertz CT molecular complexity index is 407. The highest BCUT2D eigenvalue weighted by molar-refractivity contribution is 5.25. The summed E-state index contributed by atoms with van der Waals surface area (Å²) in [6.07, 6.45) is 2.34. The molecule has 3 nitrogen and oxygen atoms in total. The smallest absolute Gasteiger partial charge is 0.255 e. The molecule has 1 N–H and O–H groups in total. The number of hydrogen-bond donors (Lipinski definition) is 1. The number of rotatable bonds is 5. The van der Waals surface area contributed by atoms with Gasteiger partial charge in [0.05, 0.1) is 0 Å². The first-order valence-electron chi connectivity index (χ1n) is 5.94. The SMILES string of the molecule is CCCCNCc1c(C)cc(C)n(C)c1=O. The molecule has 90 valence electrons. The summed E-state index contributed by atoms with van der Waals surface area (Å²) in [6.45, 7) is 7.79. The predicted molar refractivity (Wildman–Crippen MR) is 67.8 cm³/mol. The number of pyridine rings is 1. The Balaban J connectivity index is 2.80. The molecule has 1 heterocycles. The number of hydrogen-bond acceptors (Lipinski definition) is 2. The fraction of sp³-hybridized carbons (Fsp3) is 0.615. The van der Waals surface area contributed by atoms with E-state index < -0.39 is 0 Å². The monoisotopic (exact) mass is 222 g/mol. The lowest BCUT2D eigenvalue weighted by molar-refractivity contribution is 0.630. The average molecular weight is 222 g/mol. The summed E-state index contributed by atoms with van der Waals surface area (Å²) in [5.74, 6) is 0. The van der Waals surface area contributed by atoms with Crippen molar-refractivity contribution in [3.8, 4) is 0 Å². The zero-order chi connectivity index (χ0) is 12.1. The van der Waals surface area contributed by atoms with Gasteiger partial charge in [-0.1, -0.05) is 13.3 Å². The molecule has 0 radical (unpaired) electrons. The van der Waals surface area contributed by atoms with Gasteiger partial charge in [0, 0.05) is 24.8 Å². The van der Waals surface area contributed by atoms with Crippen LogP contribution in [-0.4, -0.2) is 11.1 Å². The molecule has 1 rings (SSSR count). The topological polar surface area (TPSA) is 34.0 Å². The minimum Gasteiger partial charge on any atom is -0.316 e. The fourth-order valence-corrected chi connectivity index (χ4v) is 1.76. The molecule has 0 fully saturated rings. The largest absolute Gasteiger partial charge is 0.316 e. The molecule has 0 bridgehead atoms. The van der Waals surface area contributed by atoms with Gasteiger partial charge in [-0.25, -0.2) is 0 Å². The van der Waals surface area contributed by atoms with Crippen LogP contribution in [0.3, 0.4) is 0 Å². The summed E-state index contributed by atoms with van der Waals surface area (Å²) < 4.78 is 1.71. The maximum Gasteiger partial charge on any atom is 0.255 e. The number of nitrogens with zero attached hydrogens (tertiary/aromatic N) is 1. The van der Waals surface area contributed by atoms with Crippen LogP contribution in [0, 0.1) is 13.8 Å². The van der Waals surface area contributed by atoms with Gasteiger partial charge in [0.15, 0.2) is 0 Å². The first-order chi connectivity index (χ1) is 7.57. The van der Waals surface area contributed by atoms with E-state index in [2.05, 4.69) is 18.3 Å². The Labute approximate surface area is 97.5 Å². The Morgan fingerprint density at radius 2 is 2.06 bits per heavy atom. The molecule has 1 aromatic heterocycles. The van der Waals surface area contributed by atoms with E-state index in [9.17, 15) is 4.79 Å². The lowest BCUT2D eigenvalue weighted by atomic mass is 10.1. The lowest BCUT2D eigenvalue weighted by Gasteiger charge is -2.11. The molecule has 0 spiro atoms. The van der Waals surface area contributed by atoms with E-state index in [1.807, 2.05) is 20.9 Å². The van der Waals surface area contributed by atoms with Crippen LogP contribution in [-0.2, 0) is 13.6 Å². The average Bonchev–Trinajstić information content (AvgIpc) is 2.25. The zero-order valence-corrected chi connectivity index (χ0v) is 10.8. The third-order valence-corrected chi connectivity index (χ3v) is 3.00. The zero-order valence-electron chi connectivity index (χ0n) is 10.8. The highest BCUT2D eigenvalue weighted by Crippen LogP contribution is 2.04. The number of aryl methyl sites for hydroxylation is 2. The van der Waals surface area contributed by atoms with Crippen molar-refractivity contribution in [3.05, 3.63) is 33.2 Å². The van der Waals surface area contributed by atoms with E-state index in [1.54, 1.807) is 4.57 Å². The molecule has 0 aliphatic heterocycles. The Morgan fingerprint density at radius 1 is 1.38 bits per heavy atom. The second-order valence-electron chi connectivity index (χ2n) is 4.34. The Kier molecular flexibility index (Phi) is 4.74. The summed E-state index contributed by atoms with van der Waals surface area (Å²) >= 11 is 0. The van der Waals surface area contributed by atoms with Gasteiger partial charge in [-0.3, -0.25) is 4.79 Å². The van der Waals surface area contributed by atoms with Gasteiger partial charge in [-0.15, -0.1) is 0 Å². The van der Waals surface area contributed by atoms with Crippen molar-refractivity contribution in [1.29, 1.82) is 0 Å². The predicted octanol–water partition coefficient (Wildman–Crippen LogP) is 1.89. The minimum absolute atomic E-state index is 0.126. The van der Waals surface area contributed by atoms with Crippen LogP contribution < -0.4 is 10.9 Å². The van der Waals surface area contributed by atoms with E-state index in [-0.39, 0.29) is 5.56 Å². The number of nitrogens with one attached hydrogen (secondary N) is 1. The van der Waals surface area contributed by atoms with Crippen molar-refractivity contribution >= 4 is 0 Å². The molecular weight excluding hydrogens is 200 g/mol. The molecule has 3 heteroatoms. The molecule has 0 amide bonds. The summed E-state index contributed by atoms with van der Waals surface area (Å²) in [6, 6.07) is 2.07. The van der Waals surface area contributed by atoms with Gasteiger partial charge < -0.3 is 9.88 Å². The second kappa shape index (κ2) is 5.85. The fourth-order valence-electron chi connectivity index (χ4n) is 1.76. The standard InChI is InChI=1S/C13H22N2O/c1-5-6-7-14-9-12-10(2)8-11(3)15(4)13(12)16/h8,14H,5-7,9H2,1-4H3. The van der Waals surface area contributed by atoms with Crippen LogP contribution >= 0.6 is 0 Å². The van der Waals surface area contributed by atoms with Crippen LogP contribution in [0.15, 0.2) is 10.9 Å². The molecule has 0 saturated heterocycles. The van der Waals surface area contributed by atoms with Crippen molar-refractivity contribution in [2.75, 3.05) is 6.54 Å². The Morgan fingerprint density at radius 3 is 2.69 bits per heavy atom. The van der Waals surface area contributed by atoms with Crippen LogP contribution in [0.4, 0.5) is 0 Å². The van der Waals surface area contributed by atoms with Crippen molar-refractivity contribution in [1.82, 2.24) is 9.88 Å². The van der Waals surface area contributed by atoms with E-state index in [0.717, 1.165) is 29.8 Å². The summed E-state index contributed by atoms with van der Waals surface area (Å²) in [7, 11) is 1.83. The highest BCUT2D eigenvalue weighted by Gasteiger charge is 2.07. The Hall–Kier alpha value is -1.09. The molecular formula is C13H22N2O. The molecule has 0 aliphatic carbocycles. The lowest BCUT2D eigenvalue weighted by Crippen LogP contribution is -2.28. The third-order valence-electron chi connectivity index (χ3n) is 3.00. The van der Waals surface area contributed by atoms with Crippen molar-refractivity contribution in [2.45, 2.75) is 40.2 Å². The van der Waals surface area contributed by atoms with Gasteiger partial charge in [0.2, 0.25) is 0 Å². The van der Waals surface area contributed by atoms with Gasteiger partial charge in [0.25, 0.3) is 5.56 Å². The number of unbranched alkanes of at least 4 members (excludes halogenated alkanes) is 1. The highest BCUT2D eigenvalue weighted by atomic mass is 16.1. The first kappa shape index (κ1) is 13.0. The van der Waals surface area contributed by atoms with Crippen LogP contribution in [0.2, 0.25) is 0 Å². The maximum atomic E-state index is 12.0. The molecule has 16 heavy (non-hydrogen) atoms. The van der Waals surface area contributed by atoms with Gasteiger partial charge in [-0.2, -0.15) is 0 Å². The van der Waals surface area contributed by atoms with Crippen molar-refractivity contribution < 1.29 is 0 Å². The maximum absolute atomic E-state index is 12.0. The molecule has 0 aliphatic rings. The summed E-state index contributed by atoms with van der Waals surface area (Å²) in [5.41, 5.74) is 3.12. The summed E-state index contributed by atoms with van der Waals surface area (Å²) in [5, 5.41) is 3.32. The van der Waals surface area contributed by atoms with E-state index in [0.29, 0.717) is 6.54 Å². The van der Waals surface area contributed by atoms with Crippen molar-refractivity contribution in [2.24, 2.45) is 7.05 Å². The molecule has 0 atom stereocenters. The molecule has 0 unspecified atom stereocenters. The summed E-state index contributed by atoms with van der Waals surface area (Å²) in [4.78, 5) is 12.0. The normalized spacial score (nSPS) is 10.8. The van der Waals surface area contributed by atoms with Crippen LogP contribution in [0.1, 0.15) is 36.6 Å². The molecule has 1 aromatic rings. The van der Waals surface area contributed by atoms with Gasteiger partial charge >= 0.3 is 0 Å². The van der Waals surface area contributed by atoms with E-state index >= 15 is 0 Å². The van der Waals surface area contributed by atoms with Gasteiger partial charge in [0.1, 0.15) is 0 Å². The number of aromatic nitrogens is 1. The third kappa shape index (κ3) is 2.95. The minimum atomic E-state index is 0.126. The molecule has 0 saturated carbocycles. The van der Waals surface area contributed by atoms with Crippen LogP contribution in [0.25, 0.3) is 0 Å². The first-order valence-corrected chi connectivity index (χ1v) is 5.94. The molecule has 0 aromatic carbocycles. The van der Waals surface area contributed by atoms with Crippen LogP contribution in [0.5, 0.6) is 0 Å². The quantitative estimate of drug-likeness (QED) is 0.772. The second-order valence-corrected chi connectivity index (χ2v) is 4.34. The van der Waals surface area contributed by atoms with E-state index in [4.69, 9.17) is 0 Å².